The Kier molecular flexibility index (Phi) is 4.95. The highest BCUT2D eigenvalue weighted by Crippen LogP contribution is 2.29. The van der Waals surface area contributed by atoms with Crippen LogP contribution in [0.15, 0.2) is 18.2 Å². The van der Waals surface area contributed by atoms with Crippen LogP contribution >= 0.6 is 0 Å². The summed E-state index contributed by atoms with van der Waals surface area (Å²) in [6.45, 7) is 2.24. The third-order valence-corrected chi connectivity index (χ3v) is 3.64. The maximum absolute atomic E-state index is 13.2. The number of halogens is 1. The highest BCUT2D eigenvalue weighted by Gasteiger charge is 2.25. The number of anilines is 1. The van der Waals surface area contributed by atoms with Gasteiger partial charge in [0.25, 0.3) is 0 Å². The molecule has 1 saturated carbocycles. The summed E-state index contributed by atoms with van der Waals surface area (Å²) in [6, 6.07) is 4.35. The topological polar surface area (TPSA) is 64.3 Å². The maximum atomic E-state index is 13.2. The third-order valence-electron chi connectivity index (χ3n) is 3.64. The Balaban J connectivity index is 2.03. The lowest BCUT2D eigenvalue weighted by molar-refractivity contribution is -0.120. The van der Waals surface area contributed by atoms with E-state index in [1.807, 2.05) is 6.92 Å². The Morgan fingerprint density at radius 3 is 2.75 bits per heavy atom. The molecule has 0 atom stereocenters. The highest BCUT2D eigenvalue weighted by atomic mass is 19.1. The number of ether oxygens (including phenoxy) is 1. The van der Waals surface area contributed by atoms with Crippen molar-refractivity contribution in [3.8, 4) is 5.75 Å². The minimum absolute atomic E-state index is 0.0191. The molecule has 3 N–H and O–H groups in total. The molecule has 1 aromatic carbocycles. The first-order valence-electron chi connectivity index (χ1n) is 7.09. The number of hydrogen-bond acceptors (Lipinski definition) is 3. The van der Waals surface area contributed by atoms with Gasteiger partial charge in [0.2, 0.25) is 5.91 Å². The second-order valence-electron chi connectivity index (χ2n) is 5.17. The van der Waals surface area contributed by atoms with Gasteiger partial charge in [-0.05, 0) is 44.7 Å². The number of hydrogen-bond donors (Lipinski definition) is 2. The molecule has 1 amide bonds. The molecule has 1 aromatic rings. The van der Waals surface area contributed by atoms with E-state index in [9.17, 15) is 9.18 Å². The molecular formula is C15H21FN2O2. The van der Waals surface area contributed by atoms with Crippen LogP contribution in [0.3, 0.4) is 0 Å². The molecular weight excluding hydrogens is 259 g/mol. The molecule has 0 bridgehead atoms. The van der Waals surface area contributed by atoms with Crippen molar-refractivity contribution in [3.63, 3.8) is 0 Å². The SMILES string of the molecule is CCOc1cc(F)ccc1NC(=O)C1CCC(N)CC1. The van der Waals surface area contributed by atoms with Crippen LogP contribution in [0.4, 0.5) is 10.1 Å². The highest BCUT2D eigenvalue weighted by molar-refractivity contribution is 5.94. The van der Waals surface area contributed by atoms with Gasteiger partial charge in [0.15, 0.2) is 0 Å². The van der Waals surface area contributed by atoms with E-state index in [0.717, 1.165) is 25.7 Å². The first-order chi connectivity index (χ1) is 9.60. The van der Waals surface area contributed by atoms with E-state index in [0.29, 0.717) is 18.0 Å². The lowest BCUT2D eigenvalue weighted by Crippen LogP contribution is -2.32. The molecule has 1 aliphatic carbocycles. The van der Waals surface area contributed by atoms with Gasteiger partial charge in [-0.25, -0.2) is 4.39 Å². The summed E-state index contributed by atoms with van der Waals surface area (Å²) >= 11 is 0. The van der Waals surface area contributed by atoms with E-state index >= 15 is 0 Å². The van der Waals surface area contributed by atoms with Gasteiger partial charge in [0.05, 0.1) is 12.3 Å². The monoisotopic (exact) mass is 280 g/mol. The van der Waals surface area contributed by atoms with Gasteiger partial charge in [-0.3, -0.25) is 4.79 Å². The van der Waals surface area contributed by atoms with Crippen LogP contribution in [0.5, 0.6) is 5.75 Å². The lowest BCUT2D eigenvalue weighted by atomic mass is 9.86. The molecule has 5 heteroatoms. The van der Waals surface area contributed by atoms with Crippen LogP contribution in [0.25, 0.3) is 0 Å². The Bertz CT molecular complexity index is 471. The fourth-order valence-corrected chi connectivity index (χ4v) is 2.49. The van der Waals surface area contributed by atoms with Crippen molar-refractivity contribution < 1.29 is 13.9 Å². The molecule has 0 aliphatic heterocycles. The molecule has 4 nitrogen and oxygen atoms in total. The molecule has 2 rings (SSSR count). The molecule has 0 radical (unpaired) electrons. The van der Waals surface area contributed by atoms with Crippen LogP contribution in [0.2, 0.25) is 0 Å². The molecule has 0 unspecified atom stereocenters. The van der Waals surface area contributed by atoms with Crippen LogP contribution in [-0.4, -0.2) is 18.6 Å². The maximum Gasteiger partial charge on any atom is 0.227 e. The average Bonchev–Trinajstić information content (AvgIpc) is 2.43. The third kappa shape index (κ3) is 3.70. The molecule has 1 aliphatic rings. The minimum atomic E-state index is -0.380. The average molecular weight is 280 g/mol. The molecule has 1 fully saturated rings. The Morgan fingerprint density at radius 1 is 1.40 bits per heavy atom. The summed E-state index contributed by atoms with van der Waals surface area (Å²) in [6.07, 6.45) is 3.36. The van der Waals surface area contributed by atoms with Crippen LogP contribution < -0.4 is 15.8 Å². The summed E-state index contributed by atoms with van der Waals surface area (Å²) in [4.78, 5) is 12.2. The van der Waals surface area contributed by atoms with Gasteiger partial charge in [-0.15, -0.1) is 0 Å². The van der Waals surface area contributed by atoms with Gasteiger partial charge in [0.1, 0.15) is 11.6 Å². The lowest BCUT2D eigenvalue weighted by Gasteiger charge is -2.25. The minimum Gasteiger partial charge on any atom is -0.492 e. The van der Waals surface area contributed by atoms with Crippen LogP contribution in [0.1, 0.15) is 32.6 Å². The van der Waals surface area contributed by atoms with Crippen LogP contribution in [0, 0.1) is 11.7 Å². The zero-order chi connectivity index (χ0) is 14.5. The summed E-state index contributed by atoms with van der Waals surface area (Å²) in [5.41, 5.74) is 6.36. The van der Waals surface area contributed by atoms with Crippen molar-refractivity contribution in [1.29, 1.82) is 0 Å². The largest absolute Gasteiger partial charge is 0.492 e. The van der Waals surface area contributed by atoms with Crippen molar-refractivity contribution in [2.75, 3.05) is 11.9 Å². The number of nitrogens with one attached hydrogen (secondary N) is 1. The standard InChI is InChI=1S/C15H21FN2O2/c1-2-20-14-9-11(16)5-8-13(14)18-15(19)10-3-6-12(17)7-4-10/h5,8-10,12H,2-4,6-7,17H2,1H3,(H,18,19). The number of carbonyl (C=O) groups is 1. The molecule has 0 aromatic heterocycles. The van der Waals surface area contributed by atoms with Crippen molar-refractivity contribution in [1.82, 2.24) is 0 Å². The quantitative estimate of drug-likeness (QED) is 0.891. The summed E-state index contributed by atoms with van der Waals surface area (Å²) < 4.78 is 18.5. The molecule has 110 valence electrons. The Hall–Kier alpha value is -1.62. The summed E-state index contributed by atoms with van der Waals surface area (Å²) in [5, 5.41) is 2.84. The van der Waals surface area contributed by atoms with Gasteiger partial charge >= 0.3 is 0 Å². The van der Waals surface area contributed by atoms with Crippen molar-refractivity contribution in [3.05, 3.63) is 24.0 Å². The first kappa shape index (κ1) is 14.8. The summed E-state index contributed by atoms with van der Waals surface area (Å²) in [7, 11) is 0. The number of benzene rings is 1. The van der Waals surface area contributed by atoms with Gasteiger partial charge < -0.3 is 15.8 Å². The predicted molar refractivity (Wildman–Crippen MR) is 76.1 cm³/mol. The van der Waals surface area contributed by atoms with E-state index in [1.165, 1.54) is 18.2 Å². The fourth-order valence-electron chi connectivity index (χ4n) is 2.49. The molecule has 0 saturated heterocycles. The number of nitrogens with two attached hydrogens (primary N) is 1. The number of amides is 1. The van der Waals surface area contributed by atoms with Crippen molar-refractivity contribution in [2.24, 2.45) is 11.7 Å². The zero-order valence-corrected chi connectivity index (χ0v) is 11.7. The first-order valence-corrected chi connectivity index (χ1v) is 7.09. The second-order valence-corrected chi connectivity index (χ2v) is 5.17. The van der Waals surface area contributed by atoms with Crippen molar-refractivity contribution in [2.45, 2.75) is 38.6 Å². The normalized spacial score (nSPS) is 22.4. The predicted octanol–water partition coefficient (Wildman–Crippen LogP) is 2.68. The van der Waals surface area contributed by atoms with E-state index in [-0.39, 0.29) is 23.7 Å². The Morgan fingerprint density at radius 2 is 2.10 bits per heavy atom. The molecule has 0 spiro atoms. The van der Waals surface area contributed by atoms with Gasteiger partial charge in [-0.2, -0.15) is 0 Å². The summed E-state index contributed by atoms with van der Waals surface area (Å²) in [5.74, 6) is -0.0674. The number of carbonyl (C=O) groups excluding carboxylic acids is 1. The van der Waals surface area contributed by atoms with E-state index in [1.54, 1.807) is 0 Å². The zero-order valence-electron chi connectivity index (χ0n) is 11.7. The van der Waals surface area contributed by atoms with E-state index in [2.05, 4.69) is 5.32 Å². The number of rotatable bonds is 4. The van der Waals surface area contributed by atoms with E-state index in [4.69, 9.17) is 10.5 Å². The molecule has 0 heterocycles. The smallest absolute Gasteiger partial charge is 0.227 e. The van der Waals surface area contributed by atoms with Gasteiger partial charge in [-0.1, -0.05) is 0 Å². The fraction of sp³-hybridized carbons (Fsp3) is 0.533. The Labute approximate surface area is 118 Å². The van der Waals surface area contributed by atoms with Crippen molar-refractivity contribution >= 4 is 11.6 Å². The van der Waals surface area contributed by atoms with Gasteiger partial charge in [0, 0.05) is 18.0 Å². The van der Waals surface area contributed by atoms with Crippen LogP contribution in [-0.2, 0) is 4.79 Å². The second kappa shape index (κ2) is 6.70. The molecule has 20 heavy (non-hydrogen) atoms. The van der Waals surface area contributed by atoms with E-state index < -0.39 is 0 Å².